The highest BCUT2D eigenvalue weighted by Gasteiger charge is 2.00. The second kappa shape index (κ2) is 6.43. The molecule has 1 aromatic heterocycles. The van der Waals surface area contributed by atoms with Gasteiger partial charge in [0.1, 0.15) is 4.60 Å². The largest absolute Gasteiger partial charge is 0.308 e. The smallest absolute Gasteiger partial charge is 0.106 e. The van der Waals surface area contributed by atoms with E-state index < -0.39 is 0 Å². The van der Waals surface area contributed by atoms with E-state index in [2.05, 4.69) is 39.4 Å². The van der Waals surface area contributed by atoms with Gasteiger partial charge in [0.15, 0.2) is 0 Å². The lowest BCUT2D eigenvalue weighted by Crippen LogP contribution is -2.27. The Bertz CT molecular complexity index is 281. The molecule has 14 heavy (non-hydrogen) atoms. The van der Waals surface area contributed by atoms with E-state index in [1.165, 1.54) is 0 Å². The number of thioether (sulfide) groups is 1. The van der Waals surface area contributed by atoms with Gasteiger partial charge in [0.05, 0.1) is 5.69 Å². The average Bonchev–Trinajstić information content (AvgIpc) is 2.15. The van der Waals surface area contributed by atoms with Crippen molar-refractivity contribution in [1.82, 2.24) is 10.3 Å². The molecule has 4 heteroatoms. The van der Waals surface area contributed by atoms with E-state index in [0.29, 0.717) is 6.04 Å². The maximum Gasteiger partial charge on any atom is 0.106 e. The summed E-state index contributed by atoms with van der Waals surface area (Å²) in [4.78, 5) is 4.35. The van der Waals surface area contributed by atoms with Crippen molar-refractivity contribution in [2.24, 2.45) is 0 Å². The van der Waals surface area contributed by atoms with Gasteiger partial charge in [-0.3, -0.25) is 0 Å². The van der Waals surface area contributed by atoms with Gasteiger partial charge >= 0.3 is 0 Å². The summed E-state index contributed by atoms with van der Waals surface area (Å²) < 4.78 is 0.898. The Hall–Kier alpha value is -0.0600. The minimum atomic E-state index is 0.533. The first-order chi connectivity index (χ1) is 6.72. The fourth-order valence-electron chi connectivity index (χ4n) is 1.14. The van der Waals surface area contributed by atoms with Gasteiger partial charge in [0.2, 0.25) is 0 Å². The molecule has 1 heterocycles. The van der Waals surface area contributed by atoms with E-state index in [9.17, 15) is 0 Å². The van der Waals surface area contributed by atoms with Crippen molar-refractivity contribution >= 4 is 27.7 Å². The van der Waals surface area contributed by atoms with Crippen LogP contribution in [0.25, 0.3) is 0 Å². The molecule has 1 N–H and O–H groups in total. The summed E-state index contributed by atoms with van der Waals surface area (Å²) >= 11 is 5.21. The van der Waals surface area contributed by atoms with E-state index in [0.717, 1.165) is 22.6 Å². The van der Waals surface area contributed by atoms with Crippen LogP contribution in [0.15, 0.2) is 22.8 Å². The van der Waals surface area contributed by atoms with E-state index >= 15 is 0 Å². The summed E-state index contributed by atoms with van der Waals surface area (Å²) in [5.74, 6) is 1.13. The molecule has 0 radical (unpaired) electrons. The SMILES string of the molecule is CSCC(C)NCc1cccc(Br)n1. The number of aromatic nitrogens is 1. The van der Waals surface area contributed by atoms with Gasteiger partial charge in [-0.05, 0) is 41.2 Å². The molecule has 0 bridgehead atoms. The van der Waals surface area contributed by atoms with Crippen LogP contribution in [-0.4, -0.2) is 23.0 Å². The Kier molecular flexibility index (Phi) is 5.52. The van der Waals surface area contributed by atoms with Crippen LogP contribution in [0.1, 0.15) is 12.6 Å². The summed E-state index contributed by atoms with van der Waals surface area (Å²) in [5, 5.41) is 3.42. The molecule has 0 aromatic carbocycles. The van der Waals surface area contributed by atoms with Crippen molar-refractivity contribution in [2.45, 2.75) is 19.5 Å². The summed E-state index contributed by atoms with van der Waals surface area (Å²) in [6.45, 7) is 3.02. The molecule has 0 aliphatic rings. The van der Waals surface area contributed by atoms with Crippen LogP contribution in [-0.2, 0) is 6.54 Å². The van der Waals surface area contributed by atoms with Crippen LogP contribution in [0.2, 0.25) is 0 Å². The third kappa shape index (κ3) is 4.44. The number of hydrogen-bond donors (Lipinski definition) is 1. The van der Waals surface area contributed by atoms with Crippen LogP contribution < -0.4 is 5.32 Å². The van der Waals surface area contributed by atoms with Crippen LogP contribution in [0.4, 0.5) is 0 Å². The number of halogens is 1. The first-order valence-electron chi connectivity index (χ1n) is 4.56. The van der Waals surface area contributed by atoms with Gasteiger partial charge in [-0.1, -0.05) is 6.07 Å². The highest BCUT2D eigenvalue weighted by atomic mass is 79.9. The molecule has 1 aromatic rings. The predicted molar refractivity (Wildman–Crippen MR) is 66.6 cm³/mol. The van der Waals surface area contributed by atoms with Crippen LogP contribution in [0, 0.1) is 0 Å². The molecule has 0 aliphatic heterocycles. The minimum absolute atomic E-state index is 0.533. The van der Waals surface area contributed by atoms with Crippen LogP contribution >= 0.6 is 27.7 Å². The van der Waals surface area contributed by atoms with Gasteiger partial charge in [-0.15, -0.1) is 0 Å². The monoisotopic (exact) mass is 274 g/mol. The van der Waals surface area contributed by atoms with Crippen LogP contribution in [0.3, 0.4) is 0 Å². The lowest BCUT2D eigenvalue weighted by Gasteiger charge is -2.11. The van der Waals surface area contributed by atoms with E-state index in [1.807, 2.05) is 30.0 Å². The molecule has 0 fully saturated rings. The summed E-state index contributed by atoms with van der Waals surface area (Å²) in [6.07, 6.45) is 2.12. The maximum atomic E-state index is 4.35. The molecule has 0 saturated heterocycles. The normalized spacial score (nSPS) is 12.8. The molecule has 1 rings (SSSR count). The molecule has 1 atom stereocenters. The first-order valence-corrected chi connectivity index (χ1v) is 6.75. The number of pyridine rings is 1. The molecule has 2 nitrogen and oxygen atoms in total. The molecular formula is C10H15BrN2S. The van der Waals surface area contributed by atoms with Gasteiger partial charge in [0, 0.05) is 18.3 Å². The average molecular weight is 275 g/mol. The molecular weight excluding hydrogens is 260 g/mol. The molecule has 78 valence electrons. The Morgan fingerprint density at radius 1 is 1.57 bits per heavy atom. The molecule has 0 saturated carbocycles. The highest BCUT2D eigenvalue weighted by molar-refractivity contribution is 9.10. The molecule has 0 amide bonds. The van der Waals surface area contributed by atoms with Crippen molar-refractivity contribution < 1.29 is 0 Å². The summed E-state index contributed by atoms with van der Waals surface area (Å²) in [6, 6.07) is 6.51. The quantitative estimate of drug-likeness (QED) is 0.836. The Balaban J connectivity index is 2.37. The molecule has 0 spiro atoms. The predicted octanol–water partition coefficient (Wildman–Crippen LogP) is 2.69. The lowest BCUT2D eigenvalue weighted by molar-refractivity contribution is 0.588. The zero-order chi connectivity index (χ0) is 10.4. The third-order valence-corrected chi connectivity index (χ3v) is 3.10. The van der Waals surface area contributed by atoms with E-state index in [-0.39, 0.29) is 0 Å². The van der Waals surface area contributed by atoms with Crippen molar-refractivity contribution in [2.75, 3.05) is 12.0 Å². The topological polar surface area (TPSA) is 24.9 Å². The molecule has 0 aliphatic carbocycles. The van der Waals surface area contributed by atoms with Crippen LogP contribution in [0.5, 0.6) is 0 Å². The first kappa shape index (κ1) is 12.0. The summed E-state index contributed by atoms with van der Waals surface area (Å²) in [7, 11) is 0. The summed E-state index contributed by atoms with van der Waals surface area (Å²) in [5.41, 5.74) is 1.08. The van der Waals surface area contributed by atoms with Gasteiger partial charge in [0.25, 0.3) is 0 Å². The van der Waals surface area contributed by atoms with Gasteiger partial charge < -0.3 is 5.32 Å². The number of rotatable bonds is 5. The molecule has 1 unspecified atom stereocenters. The Morgan fingerprint density at radius 2 is 2.36 bits per heavy atom. The third-order valence-electron chi connectivity index (χ3n) is 1.82. The fourth-order valence-corrected chi connectivity index (χ4v) is 2.13. The van der Waals surface area contributed by atoms with E-state index in [1.54, 1.807) is 0 Å². The minimum Gasteiger partial charge on any atom is -0.308 e. The van der Waals surface area contributed by atoms with Crippen molar-refractivity contribution in [3.63, 3.8) is 0 Å². The lowest BCUT2D eigenvalue weighted by atomic mass is 10.3. The second-order valence-corrected chi connectivity index (χ2v) is 4.91. The Morgan fingerprint density at radius 3 is 3.00 bits per heavy atom. The van der Waals surface area contributed by atoms with Gasteiger partial charge in [-0.25, -0.2) is 4.98 Å². The van der Waals surface area contributed by atoms with Gasteiger partial charge in [-0.2, -0.15) is 11.8 Å². The van der Waals surface area contributed by atoms with Crippen molar-refractivity contribution in [1.29, 1.82) is 0 Å². The zero-order valence-electron chi connectivity index (χ0n) is 8.46. The fraction of sp³-hybridized carbons (Fsp3) is 0.500. The standard InChI is InChI=1S/C10H15BrN2S/c1-8(7-14-2)12-6-9-4-3-5-10(11)13-9/h3-5,8,12H,6-7H2,1-2H3. The Labute approximate surface area is 98.0 Å². The number of hydrogen-bond acceptors (Lipinski definition) is 3. The number of nitrogens with one attached hydrogen (secondary N) is 1. The second-order valence-electron chi connectivity index (χ2n) is 3.19. The zero-order valence-corrected chi connectivity index (χ0v) is 10.9. The highest BCUT2D eigenvalue weighted by Crippen LogP contribution is 2.06. The van der Waals surface area contributed by atoms with Crippen molar-refractivity contribution in [3.05, 3.63) is 28.5 Å². The van der Waals surface area contributed by atoms with Crippen molar-refractivity contribution in [3.8, 4) is 0 Å². The maximum absolute atomic E-state index is 4.35. The number of nitrogens with zero attached hydrogens (tertiary/aromatic N) is 1. The van der Waals surface area contributed by atoms with E-state index in [4.69, 9.17) is 0 Å².